The zero-order valence-corrected chi connectivity index (χ0v) is 16.1. The van der Waals surface area contributed by atoms with Gasteiger partial charge in [0.2, 0.25) is 5.91 Å². The second kappa shape index (κ2) is 8.76. The number of halogens is 1. The number of methoxy groups -OCH3 is 1. The monoisotopic (exact) mass is 378 g/mol. The van der Waals surface area contributed by atoms with Crippen molar-refractivity contribution in [2.75, 3.05) is 33.3 Å². The van der Waals surface area contributed by atoms with Crippen molar-refractivity contribution in [3.05, 3.63) is 28.8 Å². The van der Waals surface area contributed by atoms with Crippen molar-refractivity contribution in [1.82, 2.24) is 9.80 Å². The highest BCUT2D eigenvalue weighted by Gasteiger charge is 2.29. The normalized spacial score (nSPS) is 19.2. The van der Waals surface area contributed by atoms with Crippen LogP contribution in [0.15, 0.2) is 18.2 Å². The lowest BCUT2D eigenvalue weighted by Crippen LogP contribution is -2.40. The average Bonchev–Trinajstić information content (AvgIpc) is 2.93. The van der Waals surface area contributed by atoms with E-state index in [9.17, 15) is 9.59 Å². The maximum Gasteiger partial charge on any atom is 0.257 e. The van der Waals surface area contributed by atoms with E-state index in [1.165, 1.54) is 6.42 Å². The van der Waals surface area contributed by atoms with Crippen LogP contribution >= 0.6 is 11.6 Å². The van der Waals surface area contributed by atoms with Crippen LogP contribution in [0.4, 0.5) is 0 Å². The smallest absolute Gasteiger partial charge is 0.257 e. The molecule has 0 atom stereocenters. The predicted molar refractivity (Wildman–Crippen MR) is 102 cm³/mol. The molecule has 0 radical (unpaired) electrons. The maximum atomic E-state index is 12.9. The number of hydrogen-bond acceptors (Lipinski definition) is 3. The Kier molecular flexibility index (Phi) is 6.41. The minimum Gasteiger partial charge on any atom is -0.496 e. The first-order chi connectivity index (χ1) is 12.6. The Morgan fingerprint density at radius 2 is 1.69 bits per heavy atom. The van der Waals surface area contributed by atoms with Gasteiger partial charge in [0.1, 0.15) is 5.75 Å². The highest BCUT2D eigenvalue weighted by atomic mass is 35.5. The van der Waals surface area contributed by atoms with Gasteiger partial charge in [0.05, 0.1) is 12.7 Å². The van der Waals surface area contributed by atoms with Gasteiger partial charge in [0, 0.05) is 37.1 Å². The number of rotatable bonds is 3. The third-order valence-electron chi connectivity index (χ3n) is 5.44. The first kappa shape index (κ1) is 19.0. The molecular formula is C20H27ClN2O3. The lowest BCUT2D eigenvalue weighted by molar-refractivity contribution is -0.136. The molecular weight excluding hydrogens is 352 g/mol. The molecule has 2 aliphatic rings. The molecule has 6 heteroatoms. The van der Waals surface area contributed by atoms with Crippen molar-refractivity contribution in [3.8, 4) is 5.75 Å². The van der Waals surface area contributed by atoms with Gasteiger partial charge in [-0.3, -0.25) is 9.59 Å². The van der Waals surface area contributed by atoms with E-state index in [-0.39, 0.29) is 17.7 Å². The molecule has 0 spiro atoms. The van der Waals surface area contributed by atoms with E-state index >= 15 is 0 Å². The summed E-state index contributed by atoms with van der Waals surface area (Å²) in [4.78, 5) is 29.5. The number of nitrogens with zero attached hydrogens (tertiary/aromatic N) is 2. The zero-order valence-electron chi connectivity index (χ0n) is 15.4. The fourth-order valence-electron chi connectivity index (χ4n) is 3.97. The van der Waals surface area contributed by atoms with E-state index in [4.69, 9.17) is 16.3 Å². The summed E-state index contributed by atoms with van der Waals surface area (Å²) in [5.41, 5.74) is 0.479. The van der Waals surface area contributed by atoms with Crippen molar-refractivity contribution in [2.24, 2.45) is 5.92 Å². The SMILES string of the molecule is COc1ccc(Cl)cc1C(=O)N1CCCN(C(=O)C2CCCCC2)CC1. The summed E-state index contributed by atoms with van der Waals surface area (Å²) in [6.07, 6.45) is 6.38. The average molecular weight is 379 g/mol. The summed E-state index contributed by atoms with van der Waals surface area (Å²) in [7, 11) is 1.55. The van der Waals surface area contributed by atoms with Gasteiger partial charge in [-0.05, 0) is 37.5 Å². The van der Waals surface area contributed by atoms with Crippen molar-refractivity contribution in [2.45, 2.75) is 38.5 Å². The number of ether oxygens (including phenoxy) is 1. The molecule has 0 aromatic heterocycles. The van der Waals surface area contributed by atoms with E-state index in [1.54, 1.807) is 25.3 Å². The zero-order chi connectivity index (χ0) is 18.5. The number of amides is 2. The van der Waals surface area contributed by atoms with Crippen LogP contribution in [0.1, 0.15) is 48.9 Å². The van der Waals surface area contributed by atoms with Crippen molar-refractivity contribution >= 4 is 23.4 Å². The molecule has 26 heavy (non-hydrogen) atoms. The first-order valence-electron chi connectivity index (χ1n) is 9.51. The molecule has 3 rings (SSSR count). The maximum absolute atomic E-state index is 12.9. The fraction of sp³-hybridized carbons (Fsp3) is 0.600. The van der Waals surface area contributed by atoms with Gasteiger partial charge >= 0.3 is 0 Å². The van der Waals surface area contributed by atoms with Crippen LogP contribution in [-0.2, 0) is 4.79 Å². The molecule has 1 saturated heterocycles. The molecule has 0 N–H and O–H groups in total. The minimum atomic E-state index is -0.0867. The van der Waals surface area contributed by atoms with Crippen LogP contribution in [0.5, 0.6) is 5.75 Å². The molecule has 2 amide bonds. The number of benzene rings is 1. The topological polar surface area (TPSA) is 49.9 Å². The van der Waals surface area contributed by atoms with Crippen molar-refractivity contribution in [1.29, 1.82) is 0 Å². The molecule has 1 aromatic carbocycles. The Hall–Kier alpha value is -1.75. The number of carbonyl (C=O) groups excluding carboxylic acids is 2. The highest BCUT2D eigenvalue weighted by molar-refractivity contribution is 6.31. The standard InChI is InChI=1S/C20H27ClN2O3/c1-26-18-9-8-16(21)14-17(18)20(25)23-11-5-10-22(12-13-23)19(24)15-6-3-2-4-7-15/h8-9,14-15H,2-7,10-13H2,1H3. The van der Waals surface area contributed by atoms with Crippen LogP contribution in [0.3, 0.4) is 0 Å². The number of hydrogen-bond donors (Lipinski definition) is 0. The quantitative estimate of drug-likeness (QED) is 0.807. The second-order valence-electron chi connectivity index (χ2n) is 7.15. The van der Waals surface area contributed by atoms with Gasteiger partial charge < -0.3 is 14.5 Å². The third kappa shape index (κ3) is 4.32. The summed E-state index contributed by atoms with van der Waals surface area (Å²) >= 11 is 6.06. The van der Waals surface area contributed by atoms with Crippen LogP contribution in [0, 0.1) is 5.92 Å². The van der Waals surface area contributed by atoms with E-state index in [2.05, 4.69) is 0 Å². The van der Waals surface area contributed by atoms with Crippen LogP contribution < -0.4 is 4.74 Å². The molecule has 0 unspecified atom stereocenters. The Labute approximate surface area is 160 Å². The molecule has 1 aliphatic carbocycles. The van der Waals surface area contributed by atoms with Gasteiger partial charge in [-0.2, -0.15) is 0 Å². The molecule has 2 fully saturated rings. The van der Waals surface area contributed by atoms with Gasteiger partial charge in [-0.1, -0.05) is 30.9 Å². The van der Waals surface area contributed by atoms with E-state index in [1.807, 2.05) is 9.80 Å². The minimum absolute atomic E-state index is 0.0867. The summed E-state index contributed by atoms with van der Waals surface area (Å²) in [5, 5.41) is 0.512. The Bertz CT molecular complexity index is 658. The lowest BCUT2D eigenvalue weighted by Gasteiger charge is -2.28. The van der Waals surface area contributed by atoms with Gasteiger partial charge in [0.25, 0.3) is 5.91 Å². The summed E-state index contributed by atoms with van der Waals surface area (Å²) in [6, 6.07) is 5.08. The van der Waals surface area contributed by atoms with Gasteiger partial charge in [-0.15, -0.1) is 0 Å². The second-order valence-corrected chi connectivity index (χ2v) is 7.59. The summed E-state index contributed by atoms with van der Waals surface area (Å²) in [6.45, 7) is 2.52. The highest BCUT2D eigenvalue weighted by Crippen LogP contribution is 2.27. The summed E-state index contributed by atoms with van der Waals surface area (Å²) in [5.74, 6) is 0.897. The molecule has 5 nitrogen and oxygen atoms in total. The first-order valence-corrected chi connectivity index (χ1v) is 9.89. The van der Waals surface area contributed by atoms with Gasteiger partial charge in [0.15, 0.2) is 0 Å². The Morgan fingerprint density at radius 3 is 2.42 bits per heavy atom. The van der Waals surface area contributed by atoms with Gasteiger partial charge in [-0.25, -0.2) is 0 Å². The Balaban J connectivity index is 1.65. The lowest BCUT2D eigenvalue weighted by atomic mass is 9.88. The van der Waals surface area contributed by atoms with Crippen LogP contribution in [-0.4, -0.2) is 54.9 Å². The van der Waals surface area contributed by atoms with Crippen LogP contribution in [0.25, 0.3) is 0 Å². The largest absolute Gasteiger partial charge is 0.496 e. The molecule has 1 saturated carbocycles. The molecule has 0 bridgehead atoms. The molecule has 1 heterocycles. The predicted octanol–water partition coefficient (Wildman–Crippen LogP) is 3.60. The van der Waals surface area contributed by atoms with E-state index in [0.29, 0.717) is 36.0 Å². The van der Waals surface area contributed by atoms with E-state index < -0.39 is 0 Å². The molecule has 1 aliphatic heterocycles. The molecule has 1 aromatic rings. The van der Waals surface area contributed by atoms with Crippen molar-refractivity contribution in [3.63, 3.8) is 0 Å². The van der Waals surface area contributed by atoms with Crippen LogP contribution in [0.2, 0.25) is 5.02 Å². The number of carbonyl (C=O) groups is 2. The molecule has 142 valence electrons. The van der Waals surface area contributed by atoms with E-state index in [0.717, 1.165) is 38.6 Å². The van der Waals surface area contributed by atoms with Crippen molar-refractivity contribution < 1.29 is 14.3 Å². The summed E-state index contributed by atoms with van der Waals surface area (Å²) < 4.78 is 5.31. The fourth-order valence-corrected chi connectivity index (χ4v) is 4.14. The third-order valence-corrected chi connectivity index (χ3v) is 5.68. The Morgan fingerprint density at radius 1 is 1.00 bits per heavy atom.